The summed E-state index contributed by atoms with van der Waals surface area (Å²) in [6.07, 6.45) is -2.19. The third-order valence-electron chi connectivity index (χ3n) is 2.52. The molecule has 0 fully saturated rings. The summed E-state index contributed by atoms with van der Waals surface area (Å²) in [6, 6.07) is 5.78. The van der Waals surface area contributed by atoms with Gasteiger partial charge in [0.15, 0.2) is 6.08 Å². The van der Waals surface area contributed by atoms with Gasteiger partial charge in [0, 0.05) is 10.6 Å². The summed E-state index contributed by atoms with van der Waals surface area (Å²) in [6.45, 7) is 1.35. The van der Waals surface area contributed by atoms with Gasteiger partial charge in [-0.25, -0.2) is 0 Å². The van der Waals surface area contributed by atoms with Crippen LogP contribution in [0.2, 0.25) is 5.02 Å². The standard InChI is InChI=1S/C12H12ClNO5S/c1-2-20(16,17)19-11-9(15)10(18-12(11)14)7-3-5-8(13)6-4-7/h3-6,10H,2,14H2,1H3/i10D. The van der Waals surface area contributed by atoms with Crippen molar-refractivity contribution in [2.75, 3.05) is 5.75 Å². The Morgan fingerprint density at radius 3 is 2.60 bits per heavy atom. The fourth-order valence-corrected chi connectivity index (χ4v) is 2.13. The van der Waals surface area contributed by atoms with Crippen molar-refractivity contribution in [2.45, 2.75) is 13.0 Å². The molecule has 1 unspecified atom stereocenters. The molecule has 0 radical (unpaired) electrons. The van der Waals surface area contributed by atoms with Crippen molar-refractivity contribution in [1.29, 1.82) is 0 Å². The van der Waals surface area contributed by atoms with Crippen LogP contribution >= 0.6 is 11.6 Å². The molecule has 0 aliphatic carbocycles. The molecule has 108 valence electrons. The molecule has 0 saturated heterocycles. The molecule has 6 nitrogen and oxygen atoms in total. The van der Waals surface area contributed by atoms with Gasteiger partial charge in [-0.1, -0.05) is 23.7 Å². The van der Waals surface area contributed by atoms with E-state index in [-0.39, 0.29) is 11.3 Å². The van der Waals surface area contributed by atoms with E-state index in [0.29, 0.717) is 5.02 Å². The Hall–Kier alpha value is -1.73. The number of hydrogen-bond donors (Lipinski definition) is 1. The highest BCUT2D eigenvalue weighted by Gasteiger charge is 2.39. The van der Waals surface area contributed by atoms with Crippen LogP contribution in [0.4, 0.5) is 0 Å². The number of benzene rings is 1. The van der Waals surface area contributed by atoms with E-state index >= 15 is 0 Å². The fraction of sp³-hybridized carbons (Fsp3) is 0.250. The largest absolute Gasteiger partial charge is 0.460 e. The summed E-state index contributed by atoms with van der Waals surface area (Å²) in [5.74, 6) is -2.55. The van der Waals surface area contributed by atoms with Crippen LogP contribution in [0.3, 0.4) is 0 Å². The number of hydrogen-bond acceptors (Lipinski definition) is 6. The lowest BCUT2D eigenvalue weighted by atomic mass is 10.1. The van der Waals surface area contributed by atoms with E-state index < -0.39 is 33.6 Å². The number of ketones is 1. The van der Waals surface area contributed by atoms with Crippen LogP contribution in [0, 0.1) is 0 Å². The molecule has 0 aromatic heterocycles. The summed E-state index contributed by atoms with van der Waals surface area (Å²) in [5, 5.41) is 0.416. The molecule has 1 aromatic rings. The SMILES string of the molecule is [2H]C1(c2ccc(Cl)cc2)OC(N)=C(OS(=O)(=O)CC)C1=O. The normalized spacial score (nSPS) is 23.5. The number of carbonyl (C=O) groups excluding carboxylic acids is 1. The number of nitrogens with two attached hydrogens (primary N) is 1. The lowest BCUT2D eigenvalue weighted by molar-refractivity contribution is -0.123. The Morgan fingerprint density at radius 2 is 2.05 bits per heavy atom. The van der Waals surface area contributed by atoms with Gasteiger partial charge in [0.2, 0.25) is 17.4 Å². The number of ether oxygens (including phenoxy) is 1. The van der Waals surface area contributed by atoms with Gasteiger partial charge in [-0.15, -0.1) is 0 Å². The third kappa shape index (κ3) is 2.88. The highest BCUT2D eigenvalue weighted by molar-refractivity contribution is 7.86. The Morgan fingerprint density at radius 1 is 1.45 bits per heavy atom. The van der Waals surface area contributed by atoms with Crippen molar-refractivity contribution < 1.29 is 23.5 Å². The van der Waals surface area contributed by atoms with E-state index in [1.807, 2.05) is 0 Å². The summed E-state index contributed by atoms with van der Waals surface area (Å²) >= 11 is 5.74. The van der Waals surface area contributed by atoms with Gasteiger partial charge in [-0.05, 0) is 19.1 Å². The van der Waals surface area contributed by atoms with Crippen molar-refractivity contribution in [1.82, 2.24) is 0 Å². The molecule has 0 amide bonds. The van der Waals surface area contributed by atoms with Crippen molar-refractivity contribution >= 4 is 27.5 Å². The Balaban J connectivity index is 2.36. The van der Waals surface area contributed by atoms with Crippen LogP contribution in [-0.4, -0.2) is 20.0 Å². The minimum Gasteiger partial charge on any atom is -0.460 e. The van der Waals surface area contributed by atoms with Crippen LogP contribution < -0.4 is 5.73 Å². The quantitative estimate of drug-likeness (QED) is 0.845. The molecule has 20 heavy (non-hydrogen) atoms. The van der Waals surface area contributed by atoms with E-state index in [1.54, 1.807) is 0 Å². The van der Waals surface area contributed by atoms with Crippen molar-refractivity contribution in [3.8, 4) is 0 Å². The number of Topliss-reactive ketones (excluding diaryl/α,β-unsaturated/α-hetero) is 1. The van der Waals surface area contributed by atoms with Crippen molar-refractivity contribution in [2.24, 2.45) is 5.73 Å². The summed E-state index contributed by atoms with van der Waals surface area (Å²) in [5.41, 5.74) is 5.63. The molecule has 0 bridgehead atoms. The maximum Gasteiger partial charge on any atom is 0.309 e. The highest BCUT2D eigenvalue weighted by atomic mass is 35.5. The molecule has 0 saturated carbocycles. The second-order valence-corrected chi connectivity index (χ2v) is 6.19. The lowest BCUT2D eigenvalue weighted by Gasteiger charge is -2.09. The van der Waals surface area contributed by atoms with E-state index in [9.17, 15) is 13.2 Å². The Bertz CT molecular complexity index is 716. The molecular formula is C12H12ClNO5S. The fourth-order valence-electron chi connectivity index (χ4n) is 1.47. The summed E-state index contributed by atoms with van der Waals surface area (Å²) in [4.78, 5) is 12.2. The molecule has 2 N–H and O–H groups in total. The zero-order valence-electron chi connectivity index (χ0n) is 11.4. The first-order valence-corrected chi connectivity index (χ1v) is 7.57. The monoisotopic (exact) mass is 318 g/mol. The molecule has 0 spiro atoms. The van der Waals surface area contributed by atoms with Gasteiger partial charge >= 0.3 is 10.1 Å². The molecule has 2 rings (SSSR count). The predicted octanol–water partition coefficient (Wildman–Crippen LogP) is 1.47. The maximum absolute atomic E-state index is 12.2. The third-order valence-corrected chi connectivity index (χ3v) is 3.90. The zero-order valence-corrected chi connectivity index (χ0v) is 12.0. The van der Waals surface area contributed by atoms with E-state index in [1.165, 1.54) is 31.2 Å². The Labute approximate surface area is 122 Å². The van der Waals surface area contributed by atoms with Crippen LogP contribution in [0.5, 0.6) is 0 Å². The summed E-state index contributed by atoms with van der Waals surface area (Å²) < 4.78 is 40.6. The van der Waals surface area contributed by atoms with Crippen LogP contribution in [0.15, 0.2) is 35.9 Å². The number of rotatable bonds is 4. The molecule has 1 aromatic carbocycles. The first kappa shape index (κ1) is 13.3. The van der Waals surface area contributed by atoms with Gasteiger partial charge in [-0.3, -0.25) is 4.79 Å². The lowest BCUT2D eigenvalue weighted by Crippen LogP contribution is -2.16. The van der Waals surface area contributed by atoms with Crippen molar-refractivity contribution in [3.63, 3.8) is 0 Å². The number of halogens is 1. The average molecular weight is 319 g/mol. The van der Waals surface area contributed by atoms with Crippen LogP contribution in [0.1, 0.15) is 19.9 Å². The van der Waals surface area contributed by atoms with Crippen LogP contribution in [0.25, 0.3) is 0 Å². The maximum atomic E-state index is 12.2. The second kappa shape index (κ2) is 5.34. The molecule has 1 heterocycles. The van der Waals surface area contributed by atoms with Gasteiger partial charge in [-0.2, -0.15) is 8.42 Å². The first-order valence-electron chi connectivity index (χ1n) is 6.11. The van der Waals surface area contributed by atoms with Gasteiger partial charge in [0.05, 0.1) is 7.12 Å². The molecular weight excluding hydrogens is 306 g/mol. The topological polar surface area (TPSA) is 95.7 Å². The summed E-state index contributed by atoms with van der Waals surface area (Å²) in [7, 11) is -3.95. The van der Waals surface area contributed by atoms with E-state index in [2.05, 4.69) is 4.18 Å². The van der Waals surface area contributed by atoms with Gasteiger partial charge in [0.1, 0.15) is 0 Å². The minimum absolute atomic E-state index is 0.160. The smallest absolute Gasteiger partial charge is 0.309 e. The Kier molecular flexibility index (Phi) is 3.54. The van der Waals surface area contributed by atoms with Crippen molar-refractivity contribution in [3.05, 3.63) is 46.5 Å². The highest BCUT2D eigenvalue weighted by Crippen LogP contribution is 2.32. The molecule has 1 aliphatic heterocycles. The van der Waals surface area contributed by atoms with Gasteiger partial charge < -0.3 is 14.7 Å². The second-order valence-electron chi connectivity index (χ2n) is 3.89. The molecule has 1 atom stereocenters. The van der Waals surface area contributed by atoms with E-state index in [4.69, 9.17) is 23.4 Å². The minimum atomic E-state index is -3.95. The average Bonchev–Trinajstić information content (AvgIpc) is 2.64. The zero-order chi connectivity index (χ0) is 15.8. The number of carbonyl (C=O) groups is 1. The molecule has 8 heteroatoms. The van der Waals surface area contributed by atoms with E-state index in [0.717, 1.165) is 0 Å². The van der Waals surface area contributed by atoms with Crippen LogP contribution in [-0.2, 0) is 23.8 Å². The predicted molar refractivity (Wildman–Crippen MR) is 72.0 cm³/mol. The molecule has 1 aliphatic rings. The first-order chi connectivity index (χ1) is 9.69. The van der Waals surface area contributed by atoms with Gasteiger partial charge in [0.25, 0.3) is 0 Å².